The van der Waals surface area contributed by atoms with Crippen LogP contribution in [0, 0.1) is 0 Å². The van der Waals surface area contributed by atoms with Crippen LogP contribution >= 0.6 is 0 Å². The number of carboxylic acid groups (broad SMARTS) is 1. The second-order valence-electron chi connectivity index (χ2n) is 4.81. The van der Waals surface area contributed by atoms with Gasteiger partial charge in [-0.05, 0) is 31.9 Å². The van der Waals surface area contributed by atoms with E-state index < -0.39 is 24.1 Å². The van der Waals surface area contributed by atoms with Gasteiger partial charge in [-0.25, -0.2) is 4.79 Å². The van der Waals surface area contributed by atoms with Gasteiger partial charge in [0, 0.05) is 6.07 Å². The van der Waals surface area contributed by atoms with Crippen LogP contribution in [0.25, 0.3) is 0 Å². The number of amides is 1. The fourth-order valence-corrected chi connectivity index (χ4v) is 2.24. The van der Waals surface area contributed by atoms with Gasteiger partial charge < -0.3 is 24.6 Å². The number of carbonyl (C=O) groups is 2. The molecule has 0 aromatic heterocycles. The standard InChI is InChI=1S/C15H19NO6/c1-3-21-11-5-4-9(20-2)8-10(11)16-14(17)12-6-7-13(22-12)15(18)19/h4-5,8,12-13H,3,6-7H2,1-2H3,(H,16,17)(H,18,19)/t12-,13+/m0/s1. The monoisotopic (exact) mass is 309 g/mol. The van der Waals surface area contributed by atoms with Crippen LogP contribution in [-0.2, 0) is 14.3 Å². The molecular formula is C15H19NO6. The van der Waals surface area contributed by atoms with Crippen LogP contribution in [0.2, 0.25) is 0 Å². The summed E-state index contributed by atoms with van der Waals surface area (Å²) in [5.74, 6) is -0.344. The third-order valence-corrected chi connectivity index (χ3v) is 3.33. The highest BCUT2D eigenvalue weighted by molar-refractivity contribution is 5.96. The maximum Gasteiger partial charge on any atom is 0.332 e. The molecule has 0 aliphatic carbocycles. The molecule has 0 radical (unpaired) electrons. The second-order valence-corrected chi connectivity index (χ2v) is 4.81. The number of anilines is 1. The molecule has 1 aromatic carbocycles. The third-order valence-electron chi connectivity index (χ3n) is 3.33. The summed E-state index contributed by atoms with van der Waals surface area (Å²) in [4.78, 5) is 23.1. The summed E-state index contributed by atoms with van der Waals surface area (Å²) < 4.78 is 15.8. The molecule has 2 N–H and O–H groups in total. The minimum absolute atomic E-state index is 0.323. The molecule has 1 aromatic rings. The van der Waals surface area contributed by atoms with Crippen LogP contribution in [0.5, 0.6) is 11.5 Å². The summed E-state index contributed by atoms with van der Waals surface area (Å²) in [7, 11) is 1.53. The normalized spacial score (nSPS) is 20.5. The van der Waals surface area contributed by atoms with Gasteiger partial charge in [-0.3, -0.25) is 4.79 Å². The zero-order valence-electron chi connectivity index (χ0n) is 12.5. The van der Waals surface area contributed by atoms with Crippen molar-refractivity contribution in [3.63, 3.8) is 0 Å². The molecule has 7 heteroatoms. The number of methoxy groups -OCH3 is 1. The van der Waals surface area contributed by atoms with Crippen LogP contribution in [0.1, 0.15) is 19.8 Å². The number of ether oxygens (including phenoxy) is 3. The molecule has 7 nitrogen and oxygen atoms in total. The number of benzene rings is 1. The molecule has 0 unspecified atom stereocenters. The lowest BCUT2D eigenvalue weighted by molar-refractivity contribution is -0.150. The van der Waals surface area contributed by atoms with Gasteiger partial charge in [0.2, 0.25) is 0 Å². The van der Waals surface area contributed by atoms with E-state index in [0.29, 0.717) is 36.6 Å². The summed E-state index contributed by atoms with van der Waals surface area (Å²) in [6.07, 6.45) is -1.00. The van der Waals surface area contributed by atoms with Crippen molar-refractivity contribution in [1.82, 2.24) is 0 Å². The van der Waals surface area contributed by atoms with E-state index in [1.165, 1.54) is 7.11 Å². The van der Waals surface area contributed by atoms with E-state index in [4.69, 9.17) is 19.3 Å². The average molecular weight is 309 g/mol. The summed E-state index contributed by atoms with van der Waals surface area (Å²) in [6.45, 7) is 2.30. The van der Waals surface area contributed by atoms with Crippen molar-refractivity contribution in [3.05, 3.63) is 18.2 Å². The SMILES string of the molecule is CCOc1ccc(OC)cc1NC(=O)[C@@H]1CC[C@H](C(=O)O)O1. The molecule has 2 rings (SSSR count). The molecule has 0 saturated carbocycles. The van der Waals surface area contributed by atoms with Crippen molar-refractivity contribution in [2.45, 2.75) is 32.0 Å². The van der Waals surface area contributed by atoms with Gasteiger partial charge in [0.05, 0.1) is 19.4 Å². The highest BCUT2D eigenvalue weighted by Gasteiger charge is 2.35. The van der Waals surface area contributed by atoms with Crippen molar-refractivity contribution < 1.29 is 28.9 Å². The Balaban J connectivity index is 2.09. The third kappa shape index (κ3) is 3.67. The lowest BCUT2D eigenvalue weighted by Crippen LogP contribution is -2.30. The van der Waals surface area contributed by atoms with Crippen molar-refractivity contribution in [1.29, 1.82) is 0 Å². The lowest BCUT2D eigenvalue weighted by atomic mass is 10.2. The fourth-order valence-electron chi connectivity index (χ4n) is 2.24. The minimum Gasteiger partial charge on any atom is -0.497 e. The summed E-state index contributed by atoms with van der Waals surface area (Å²) in [6, 6.07) is 5.08. The number of carbonyl (C=O) groups excluding carboxylic acids is 1. The molecule has 0 spiro atoms. The highest BCUT2D eigenvalue weighted by atomic mass is 16.5. The zero-order chi connectivity index (χ0) is 16.1. The number of hydrogen-bond acceptors (Lipinski definition) is 5. The number of nitrogens with one attached hydrogen (secondary N) is 1. The molecule has 1 fully saturated rings. The van der Waals surface area contributed by atoms with Crippen LogP contribution in [0.3, 0.4) is 0 Å². The van der Waals surface area contributed by atoms with Crippen molar-refractivity contribution in [2.24, 2.45) is 0 Å². The first-order valence-corrected chi connectivity index (χ1v) is 7.05. The average Bonchev–Trinajstić information content (AvgIpc) is 2.99. The van der Waals surface area contributed by atoms with Gasteiger partial charge in [0.1, 0.15) is 17.6 Å². The first-order chi connectivity index (χ1) is 10.5. The topological polar surface area (TPSA) is 94.1 Å². The van der Waals surface area contributed by atoms with Crippen LogP contribution in [-0.4, -0.2) is 42.9 Å². The Kier molecular flexibility index (Phi) is 5.21. The number of aliphatic carboxylic acids is 1. The van der Waals surface area contributed by atoms with Crippen molar-refractivity contribution in [3.8, 4) is 11.5 Å². The van der Waals surface area contributed by atoms with Gasteiger partial charge in [-0.2, -0.15) is 0 Å². The Morgan fingerprint density at radius 1 is 1.36 bits per heavy atom. The number of hydrogen-bond donors (Lipinski definition) is 2. The lowest BCUT2D eigenvalue weighted by Gasteiger charge is -2.15. The van der Waals surface area contributed by atoms with Crippen LogP contribution < -0.4 is 14.8 Å². The maximum absolute atomic E-state index is 12.2. The van der Waals surface area contributed by atoms with E-state index in [9.17, 15) is 9.59 Å². The van der Waals surface area contributed by atoms with Gasteiger partial charge in [0.15, 0.2) is 6.10 Å². The van der Waals surface area contributed by atoms with Crippen LogP contribution in [0.15, 0.2) is 18.2 Å². The first kappa shape index (κ1) is 16.1. The molecular weight excluding hydrogens is 290 g/mol. The van der Waals surface area contributed by atoms with Gasteiger partial charge >= 0.3 is 5.97 Å². The van der Waals surface area contributed by atoms with Crippen molar-refractivity contribution in [2.75, 3.05) is 19.0 Å². The Hall–Kier alpha value is -2.28. The number of carboxylic acids is 1. The van der Waals surface area contributed by atoms with E-state index in [1.807, 2.05) is 6.92 Å². The fraction of sp³-hybridized carbons (Fsp3) is 0.467. The molecule has 1 aliphatic heterocycles. The predicted octanol–water partition coefficient (Wildman–Crippen LogP) is 1.66. The Labute approximate surface area is 128 Å². The van der Waals surface area contributed by atoms with Gasteiger partial charge in [-0.1, -0.05) is 0 Å². The quantitative estimate of drug-likeness (QED) is 0.830. The highest BCUT2D eigenvalue weighted by Crippen LogP contribution is 2.30. The van der Waals surface area contributed by atoms with Gasteiger partial charge in [-0.15, -0.1) is 0 Å². The Morgan fingerprint density at radius 3 is 2.68 bits per heavy atom. The predicted molar refractivity (Wildman–Crippen MR) is 78.3 cm³/mol. The summed E-state index contributed by atoms with van der Waals surface area (Å²) >= 11 is 0. The molecule has 120 valence electrons. The molecule has 1 aliphatic rings. The van der Waals surface area contributed by atoms with E-state index >= 15 is 0 Å². The summed E-state index contributed by atoms with van der Waals surface area (Å²) in [5, 5.41) is 11.6. The van der Waals surface area contributed by atoms with Crippen LogP contribution in [0.4, 0.5) is 5.69 Å². The molecule has 1 amide bonds. The van der Waals surface area contributed by atoms with Gasteiger partial charge in [0.25, 0.3) is 5.91 Å². The molecule has 1 heterocycles. The number of rotatable bonds is 6. The molecule has 2 atom stereocenters. The zero-order valence-corrected chi connectivity index (χ0v) is 12.5. The summed E-state index contributed by atoms with van der Waals surface area (Å²) in [5.41, 5.74) is 0.466. The van der Waals surface area contributed by atoms with E-state index in [2.05, 4.69) is 5.32 Å². The maximum atomic E-state index is 12.2. The second kappa shape index (κ2) is 7.13. The largest absolute Gasteiger partial charge is 0.497 e. The smallest absolute Gasteiger partial charge is 0.332 e. The molecule has 22 heavy (non-hydrogen) atoms. The first-order valence-electron chi connectivity index (χ1n) is 7.05. The molecule has 1 saturated heterocycles. The minimum atomic E-state index is -1.05. The Bertz CT molecular complexity index is 559. The van der Waals surface area contributed by atoms with E-state index in [-0.39, 0.29) is 0 Å². The van der Waals surface area contributed by atoms with E-state index in [0.717, 1.165) is 0 Å². The van der Waals surface area contributed by atoms with Crippen molar-refractivity contribution >= 4 is 17.6 Å². The Morgan fingerprint density at radius 2 is 2.09 bits per heavy atom. The van der Waals surface area contributed by atoms with E-state index in [1.54, 1.807) is 18.2 Å². The molecule has 0 bridgehead atoms.